The van der Waals surface area contributed by atoms with Crippen LogP contribution < -0.4 is 16.1 Å². The number of carbonyl (C=O) groups excluding carboxylic acids is 1. The van der Waals surface area contributed by atoms with Gasteiger partial charge >= 0.3 is 0 Å². The third-order valence-electron chi connectivity index (χ3n) is 7.49. The quantitative estimate of drug-likeness (QED) is 0.457. The Labute approximate surface area is 208 Å². The van der Waals surface area contributed by atoms with Crippen molar-refractivity contribution >= 4 is 30.7 Å². The molecule has 0 saturated heterocycles. The molecule has 3 aliphatic carbocycles. The maximum Gasteiger partial charge on any atom is 0.265 e. The Morgan fingerprint density at radius 3 is 2.68 bits per heavy atom. The summed E-state index contributed by atoms with van der Waals surface area (Å²) < 4.78 is 1.35. The van der Waals surface area contributed by atoms with Crippen LogP contribution in [0.15, 0.2) is 34.8 Å². The van der Waals surface area contributed by atoms with Crippen molar-refractivity contribution in [3.63, 3.8) is 0 Å². The molecule has 1 fully saturated rings. The Hall–Kier alpha value is -2.05. The molecule has 0 bridgehead atoms. The van der Waals surface area contributed by atoms with Crippen molar-refractivity contribution in [3.8, 4) is 0 Å². The van der Waals surface area contributed by atoms with Crippen LogP contribution in [0.3, 0.4) is 0 Å². The third-order valence-corrected chi connectivity index (χ3v) is 7.88. The van der Waals surface area contributed by atoms with Gasteiger partial charge in [-0.15, -0.1) is 0 Å². The Morgan fingerprint density at radius 2 is 2.00 bits per heavy atom. The molecular formula is C28H38N2O3S. The van der Waals surface area contributed by atoms with Crippen molar-refractivity contribution in [1.82, 2.24) is 9.47 Å². The zero-order chi connectivity index (χ0) is 24.2. The number of likely N-dealkylation sites (N-methyl/N-ethyl adjacent to an activating group) is 1. The molecule has 5 nitrogen and oxygen atoms in total. The predicted octanol–water partition coefficient (Wildman–Crippen LogP) is 3.90. The molecule has 3 aliphatic rings. The van der Waals surface area contributed by atoms with E-state index in [1.807, 2.05) is 36.1 Å². The molecule has 0 spiro atoms. The minimum atomic E-state index is -1.12. The average Bonchev–Trinajstić information content (AvgIpc) is 2.84. The second-order valence-electron chi connectivity index (χ2n) is 10.1. The lowest BCUT2D eigenvalue weighted by Crippen LogP contribution is -2.50. The number of hydrogen-bond acceptors (Lipinski definition) is 5. The van der Waals surface area contributed by atoms with Gasteiger partial charge in [-0.2, -0.15) is 12.6 Å². The summed E-state index contributed by atoms with van der Waals surface area (Å²) in [5, 5.41) is 13.1. The van der Waals surface area contributed by atoms with Crippen LogP contribution in [0.2, 0.25) is 0 Å². The molecule has 1 aromatic heterocycles. The van der Waals surface area contributed by atoms with Gasteiger partial charge < -0.3 is 10.0 Å². The van der Waals surface area contributed by atoms with Gasteiger partial charge in [-0.25, -0.2) is 4.57 Å². The summed E-state index contributed by atoms with van der Waals surface area (Å²) >= 11 is 4.48. The molecule has 3 unspecified atom stereocenters. The number of allylic oxidation sites excluding steroid dienone is 2. The lowest BCUT2D eigenvalue weighted by atomic mass is 9.86. The van der Waals surface area contributed by atoms with Crippen LogP contribution >= 0.6 is 12.6 Å². The number of aromatic nitrogens is 1. The van der Waals surface area contributed by atoms with Crippen LogP contribution in [0.5, 0.6) is 0 Å². The van der Waals surface area contributed by atoms with E-state index in [-0.39, 0.29) is 22.6 Å². The highest BCUT2D eigenvalue weighted by molar-refractivity contribution is 7.81. The van der Waals surface area contributed by atoms with Gasteiger partial charge in [-0.3, -0.25) is 9.59 Å². The van der Waals surface area contributed by atoms with Crippen molar-refractivity contribution in [1.29, 1.82) is 0 Å². The molecule has 1 heterocycles. The summed E-state index contributed by atoms with van der Waals surface area (Å²) in [5.74, 6) is 0.681. The number of aliphatic hydroxyl groups is 1. The van der Waals surface area contributed by atoms with Gasteiger partial charge in [0, 0.05) is 23.9 Å². The Bertz CT molecular complexity index is 1140. The zero-order valence-corrected chi connectivity index (χ0v) is 21.3. The molecule has 0 aliphatic heterocycles. The number of pyridine rings is 1. The summed E-state index contributed by atoms with van der Waals surface area (Å²) in [4.78, 5) is 29.0. The highest BCUT2D eigenvalue weighted by Gasteiger charge is 2.26. The largest absolute Gasteiger partial charge is 0.369 e. The standard InChI is InChI=1S/C28H38N2O3S/c1-3-29(22-12-14-23(34)15-13-22)27(32)24-18-21-11-9-19(2)17-25(21)30(28(24)33)26(31)16-10-20-7-5-4-6-8-20/h11-14,17-20,23,27,32,34H,3-10,15-16H2,1-2H3. The van der Waals surface area contributed by atoms with Crippen molar-refractivity contribution in [2.24, 2.45) is 11.8 Å². The van der Waals surface area contributed by atoms with E-state index in [2.05, 4.69) is 25.6 Å². The van der Waals surface area contributed by atoms with E-state index >= 15 is 0 Å². The molecule has 4 rings (SSSR count). The summed E-state index contributed by atoms with van der Waals surface area (Å²) in [6, 6.07) is 1.78. The second-order valence-corrected chi connectivity index (χ2v) is 10.7. The fourth-order valence-corrected chi connectivity index (χ4v) is 5.67. The lowest BCUT2D eigenvalue weighted by molar-refractivity contribution is 0.0312. The van der Waals surface area contributed by atoms with E-state index < -0.39 is 11.8 Å². The number of thiol groups is 1. The fourth-order valence-electron chi connectivity index (χ4n) is 5.48. The van der Waals surface area contributed by atoms with Crippen LogP contribution in [-0.2, 0) is 0 Å². The van der Waals surface area contributed by atoms with E-state index in [0.29, 0.717) is 24.2 Å². The summed E-state index contributed by atoms with van der Waals surface area (Å²) in [6.45, 7) is 4.59. The predicted molar refractivity (Wildman–Crippen MR) is 141 cm³/mol. The minimum absolute atomic E-state index is 0.155. The van der Waals surface area contributed by atoms with Gasteiger partial charge in [0.05, 0.1) is 10.9 Å². The van der Waals surface area contributed by atoms with Crippen LogP contribution in [0, 0.1) is 11.8 Å². The minimum Gasteiger partial charge on any atom is -0.369 e. The molecule has 1 N–H and O–H groups in total. The van der Waals surface area contributed by atoms with Gasteiger partial charge in [0.2, 0.25) is 5.91 Å². The van der Waals surface area contributed by atoms with E-state index in [1.54, 1.807) is 6.07 Å². The molecule has 184 valence electrons. The summed E-state index contributed by atoms with van der Waals surface area (Å²) in [6.07, 6.45) is 17.9. The van der Waals surface area contributed by atoms with Crippen LogP contribution in [0.4, 0.5) is 0 Å². The topological polar surface area (TPSA) is 62.5 Å². The van der Waals surface area contributed by atoms with E-state index in [9.17, 15) is 14.7 Å². The number of hydrogen-bond donors (Lipinski definition) is 2. The van der Waals surface area contributed by atoms with E-state index in [1.165, 1.54) is 36.7 Å². The fraction of sp³-hybridized carbons (Fsp3) is 0.571. The Kier molecular flexibility index (Phi) is 8.20. The van der Waals surface area contributed by atoms with Gasteiger partial charge in [0.15, 0.2) is 6.23 Å². The third kappa shape index (κ3) is 5.44. The second kappa shape index (κ2) is 11.1. The first-order valence-electron chi connectivity index (χ1n) is 12.9. The Morgan fingerprint density at radius 1 is 1.24 bits per heavy atom. The van der Waals surface area contributed by atoms with Crippen LogP contribution in [0.1, 0.15) is 88.2 Å². The summed E-state index contributed by atoms with van der Waals surface area (Å²) in [5.41, 5.74) is 0.731. The molecule has 1 aromatic rings. The first kappa shape index (κ1) is 25.1. The number of nitrogens with zero attached hydrogens (tertiary/aromatic N) is 2. The number of aliphatic hydroxyl groups excluding tert-OH is 1. The number of carbonyl (C=O) groups is 1. The lowest BCUT2D eigenvalue weighted by Gasteiger charge is -2.31. The average molecular weight is 483 g/mol. The molecular weight excluding hydrogens is 444 g/mol. The molecule has 3 atom stereocenters. The van der Waals surface area contributed by atoms with Crippen molar-refractivity contribution < 1.29 is 9.90 Å². The van der Waals surface area contributed by atoms with E-state index in [0.717, 1.165) is 30.2 Å². The normalized spacial score (nSPS) is 23.4. The zero-order valence-electron chi connectivity index (χ0n) is 20.4. The van der Waals surface area contributed by atoms with Crippen molar-refractivity contribution in [2.75, 3.05) is 6.54 Å². The molecule has 6 heteroatoms. The maximum atomic E-state index is 13.7. The highest BCUT2D eigenvalue weighted by Crippen LogP contribution is 2.27. The van der Waals surface area contributed by atoms with Crippen molar-refractivity contribution in [3.05, 3.63) is 56.5 Å². The Balaban J connectivity index is 1.70. The molecule has 1 saturated carbocycles. The molecule has 0 amide bonds. The number of rotatable bonds is 7. The van der Waals surface area contributed by atoms with Gasteiger partial charge in [0.1, 0.15) is 0 Å². The first-order chi connectivity index (χ1) is 16.4. The van der Waals surface area contributed by atoms with Crippen molar-refractivity contribution in [2.45, 2.75) is 83.1 Å². The molecule has 34 heavy (non-hydrogen) atoms. The van der Waals surface area contributed by atoms with Gasteiger partial charge in [-0.1, -0.05) is 63.3 Å². The maximum absolute atomic E-state index is 13.7. The van der Waals surface area contributed by atoms with Gasteiger partial charge in [0.25, 0.3) is 5.56 Å². The smallest absolute Gasteiger partial charge is 0.265 e. The number of fused-ring (bicyclic) bond motifs is 1. The molecule has 0 radical (unpaired) electrons. The first-order valence-corrected chi connectivity index (χ1v) is 13.4. The molecule has 0 aromatic carbocycles. The van der Waals surface area contributed by atoms with Gasteiger partial charge in [-0.05, 0) is 55.4 Å². The highest BCUT2D eigenvalue weighted by atomic mass is 32.1. The monoisotopic (exact) mass is 482 g/mol. The van der Waals surface area contributed by atoms with Crippen LogP contribution in [-0.4, -0.2) is 32.3 Å². The van der Waals surface area contributed by atoms with Crippen LogP contribution in [0.25, 0.3) is 12.2 Å². The SMILES string of the molecule is CCN(C1=CCC(S)C=C1)C(O)c1cc2c(n(C(=O)CCC3CCCCC3)c1=O)=CC(C)CC=2. The van der Waals surface area contributed by atoms with E-state index in [4.69, 9.17) is 0 Å². The summed E-state index contributed by atoms with van der Waals surface area (Å²) in [7, 11) is 0.